The molecule has 2 aliphatic heterocycles. The molecular weight excluding hydrogens is 506 g/mol. The molecule has 190 valence electrons. The lowest BCUT2D eigenvalue weighted by Gasteiger charge is -2.25. The van der Waals surface area contributed by atoms with Crippen LogP contribution in [0.25, 0.3) is 5.57 Å². The van der Waals surface area contributed by atoms with E-state index in [1.54, 1.807) is 37.4 Å². The number of thiazole rings is 1. The van der Waals surface area contributed by atoms with Crippen molar-refractivity contribution in [3.63, 3.8) is 0 Å². The van der Waals surface area contributed by atoms with E-state index in [4.69, 9.17) is 4.74 Å². The number of allylic oxidation sites excluding steroid dienone is 1. The summed E-state index contributed by atoms with van der Waals surface area (Å²) in [5, 5.41) is 0. The second kappa shape index (κ2) is 9.79. The Morgan fingerprint density at radius 1 is 1.14 bits per heavy atom. The number of rotatable bonds is 5. The Bertz CT molecular complexity index is 1630. The minimum absolute atomic E-state index is 0.204. The van der Waals surface area contributed by atoms with E-state index in [0.29, 0.717) is 32.7 Å². The molecule has 5 rings (SSSR count). The van der Waals surface area contributed by atoms with Gasteiger partial charge < -0.3 is 9.64 Å². The number of fused-ring (bicyclic) bond motifs is 2. The third-order valence-electron chi connectivity index (χ3n) is 6.46. The van der Waals surface area contributed by atoms with E-state index in [0.717, 1.165) is 21.7 Å². The Morgan fingerprint density at radius 3 is 2.49 bits per heavy atom. The number of carbonyl (C=O) groups is 2. The number of aromatic nitrogens is 1. The first-order chi connectivity index (χ1) is 17.8. The number of ether oxygens (including phenoxy) is 1. The largest absolute Gasteiger partial charge is 0.459 e. The van der Waals surface area contributed by atoms with Crippen molar-refractivity contribution in [2.75, 3.05) is 17.7 Å². The molecule has 3 aromatic rings. The van der Waals surface area contributed by atoms with Crippen LogP contribution in [0.4, 0.5) is 5.69 Å². The maximum atomic E-state index is 14.1. The predicted molar refractivity (Wildman–Crippen MR) is 147 cm³/mol. The highest BCUT2D eigenvalue weighted by atomic mass is 32.2. The molecule has 1 unspecified atom stereocenters. The summed E-state index contributed by atoms with van der Waals surface area (Å²) < 4.78 is 7.43. The molecule has 1 atom stereocenters. The van der Waals surface area contributed by atoms with Crippen molar-refractivity contribution in [2.45, 2.75) is 44.7 Å². The Kier molecular flexibility index (Phi) is 6.68. The number of nitrogens with zero attached hydrogens (tertiary/aromatic N) is 3. The summed E-state index contributed by atoms with van der Waals surface area (Å²) in [6, 6.07) is 14.6. The van der Waals surface area contributed by atoms with Crippen molar-refractivity contribution in [1.82, 2.24) is 4.57 Å². The number of para-hydroxylation sites is 1. The van der Waals surface area contributed by atoms with E-state index < -0.39 is 12.0 Å². The van der Waals surface area contributed by atoms with Gasteiger partial charge in [0.25, 0.3) is 11.5 Å². The van der Waals surface area contributed by atoms with Crippen LogP contribution in [-0.4, -0.2) is 35.3 Å². The third-order valence-corrected chi connectivity index (χ3v) is 8.25. The lowest BCUT2D eigenvalue weighted by Crippen LogP contribution is -2.41. The third kappa shape index (κ3) is 4.16. The van der Waals surface area contributed by atoms with E-state index >= 15 is 0 Å². The second-order valence-electron chi connectivity index (χ2n) is 9.07. The molecule has 2 aromatic carbocycles. The molecule has 0 bridgehead atoms. The number of likely N-dealkylation sites (N-methyl/N-ethyl adjacent to an activating group) is 1. The van der Waals surface area contributed by atoms with E-state index in [1.807, 2.05) is 61.7 Å². The molecule has 0 aliphatic carbocycles. The monoisotopic (exact) mass is 533 g/mol. The predicted octanol–water partition coefficient (Wildman–Crippen LogP) is 3.65. The zero-order valence-corrected chi connectivity index (χ0v) is 22.9. The van der Waals surface area contributed by atoms with Gasteiger partial charge in [-0.05, 0) is 57.7 Å². The first kappa shape index (κ1) is 25.2. The molecule has 3 heterocycles. The molecule has 1 amide bonds. The zero-order valence-electron chi connectivity index (χ0n) is 21.3. The van der Waals surface area contributed by atoms with Gasteiger partial charge in [0.05, 0.1) is 34.7 Å². The van der Waals surface area contributed by atoms with E-state index in [9.17, 15) is 14.4 Å². The van der Waals surface area contributed by atoms with Crippen LogP contribution in [0.15, 0.2) is 74.5 Å². The fourth-order valence-corrected chi connectivity index (χ4v) is 6.37. The van der Waals surface area contributed by atoms with Gasteiger partial charge in [0.15, 0.2) is 4.80 Å². The van der Waals surface area contributed by atoms with Crippen molar-refractivity contribution < 1.29 is 14.3 Å². The highest BCUT2D eigenvalue weighted by molar-refractivity contribution is 7.98. The summed E-state index contributed by atoms with van der Waals surface area (Å²) in [4.78, 5) is 48.7. The van der Waals surface area contributed by atoms with Crippen LogP contribution in [0.2, 0.25) is 0 Å². The van der Waals surface area contributed by atoms with Gasteiger partial charge in [-0.15, -0.1) is 11.8 Å². The summed E-state index contributed by atoms with van der Waals surface area (Å²) in [6.07, 6.45) is 1.66. The molecule has 0 saturated heterocycles. The van der Waals surface area contributed by atoms with Gasteiger partial charge in [-0.2, -0.15) is 0 Å². The smallest absolute Gasteiger partial charge is 0.338 e. The van der Waals surface area contributed by atoms with E-state index in [1.165, 1.54) is 15.9 Å². The van der Waals surface area contributed by atoms with Crippen molar-refractivity contribution in [2.24, 2.45) is 4.99 Å². The summed E-state index contributed by atoms with van der Waals surface area (Å²) in [5.74, 6) is -0.711. The molecule has 0 spiro atoms. The van der Waals surface area contributed by atoms with E-state index in [2.05, 4.69) is 4.99 Å². The number of hydrogen-bond acceptors (Lipinski definition) is 7. The number of esters is 1. The maximum absolute atomic E-state index is 14.1. The normalized spacial score (nSPS) is 18.2. The fraction of sp³-hybridized carbons (Fsp3) is 0.286. The maximum Gasteiger partial charge on any atom is 0.338 e. The van der Waals surface area contributed by atoms with Crippen LogP contribution < -0.4 is 19.8 Å². The minimum atomic E-state index is -0.721. The molecule has 37 heavy (non-hydrogen) atoms. The highest BCUT2D eigenvalue weighted by Crippen LogP contribution is 2.35. The standard InChI is InChI=1S/C28H27N3O4S2/c1-6-30-20-10-8-7-9-19(20)22(25(30)32)24-26(33)31-23(17-11-13-18(36-5)14-12-17)21(27(34)35-15(2)3)16(4)29-28(31)37-24/h7-15,23H,6H2,1-5H3. The number of anilines is 1. The number of carbonyl (C=O) groups excluding carboxylic acids is 2. The molecule has 0 fully saturated rings. The molecule has 0 N–H and O–H groups in total. The molecule has 7 nitrogen and oxygen atoms in total. The Morgan fingerprint density at radius 2 is 1.84 bits per heavy atom. The summed E-state index contributed by atoms with van der Waals surface area (Å²) in [5.41, 5.74) is 3.15. The number of benzene rings is 2. The molecule has 9 heteroatoms. The van der Waals surface area contributed by atoms with Gasteiger partial charge in [0.2, 0.25) is 0 Å². The van der Waals surface area contributed by atoms with Gasteiger partial charge in [0.1, 0.15) is 4.53 Å². The van der Waals surface area contributed by atoms with Crippen LogP contribution in [0, 0.1) is 0 Å². The zero-order chi connectivity index (χ0) is 26.4. The average Bonchev–Trinajstić information content (AvgIpc) is 3.34. The molecule has 1 aromatic heterocycles. The van der Waals surface area contributed by atoms with Crippen LogP contribution in [0.5, 0.6) is 0 Å². The summed E-state index contributed by atoms with van der Waals surface area (Å²) in [7, 11) is 0. The molecule has 0 radical (unpaired) electrons. The minimum Gasteiger partial charge on any atom is -0.459 e. The average molecular weight is 534 g/mol. The fourth-order valence-electron chi connectivity index (χ4n) is 4.83. The first-order valence-corrected chi connectivity index (χ1v) is 14.1. The van der Waals surface area contributed by atoms with Gasteiger partial charge in [-0.3, -0.25) is 14.2 Å². The molecular formula is C28H27N3O4S2. The van der Waals surface area contributed by atoms with Crippen LogP contribution in [0.3, 0.4) is 0 Å². The number of thioether (sulfide) groups is 1. The number of amides is 1. The SMILES string of the molecule is CCN1C(=O)C(=c2sc3n(c2=O)C(c2ccc(SC)cc2)C(C(=O)OC(C)C)=C(C)N=3)c2ccccc21. The Balaban J connectivity index is 1.80. The van der Waals surface area contributed by atoms with Crippen LogP contribution in [0.1, 0.15) is 44.9 Å². The van der Waals surface area contributed by atoms with Crippen molar-refractivity contribution in [3.05, 3.63) is 90.6 Å². The second-order valence-corrected chi connectivity index (χ2v) is 10.9. The van der Waals surface area contributed by atoms with Gasteiger partial charge in [-0.1, -0.05) is 41.7 Å². The van der Waals surface area contributed by atoms with Crippen LogP contribution in [-0.2, 0) is 14.3 Å². The first-order valence-electron chi connectivity index (χ1n) is 12.1. The Labute approximate surface area is 222 Å². The topological polar surface area (TPSA) is 81.0 Å². The lowest BCUT2D eigenvalue weighted by atomic mass is 9.96. The quantitative estimate of drug-likeness (QED) is 0.370. The summed E-state index contributed by atoms with van der Waals surface area (Å²) >= 11 is 2.80. The lowest BCUT2D eigenvalue weighted by molar-refractivity contribution is -0.143. The van der Waals surface area contributed by atoms with Gasteiger partial charge in [-0.25, -0.2) is 9.79 Å². The van der Waals surface area contributed by atoms with Crippen molar-refractivity contribution >= 4 is 46.2 Å². The Hall–Kier alpha value is -3.43. The molecule has 2 aliphatic rings. The van der Waals surface area contributed by atoms with Gasteiger partial charge in [0, 0.05) is 17.0 Å². The van der Waals surface area contributed by atoms with E-state index in [-0.39, 0.29) is 17.6 Å². The highest BCUT2D eigenvalue weighted by Gasteiger charge is 2.37. The van der Waals surface area contributed by atoms with Crippen molar-refractivity contribution in [3.8, 4) is 0 Å². The van der Waals surface area contributed by atoms with Crippen LogP contribution >= 0.6 is 23.1 Å². The van der Waals surface area contributed by atoms with Gasteiger partial charge >= 0.3 is 5.97 Å². The summed E-state index contributed by atoms with van der Waals surface area (Å²) in [6.45, 7) is 7.74. The number of hydrogen-bond donors (Lipinski definition) is 0. The molecule has 0 saturated carbocycles. The van der Waals surface area contributed by atoms with Crippen molar-refractivity contribution in [1.29, 1.82) is 0 Å².